The predicted molar refractivity (Wildman–Crippen MR) is 80.4 cm³/mol. The molecule has 0 spiro atoms. The molecule has 0 atom stereocenters. The van der Waals surface area contributed by atoms with E-state index in [2.05, 4.69) is 0 Å². The van der Waals surface area contributed by atoms with E-state index >= 15 is 0 Å². The molecule has 0 aliphatic rings. The van der Waals surface area contributed by atoms with E-state index in [1.165, 1.54) is 0 Å². The Morgan fingerprint density at radius 1 is 0.905 bits per heavy atom. The number of carbonyl (C=O) groups is 2. The largest absolute Gasteiger partial charge is 0.421 e. The van der Waals surface area contributed by atoms with E-state index in [9.17, 15) is 9.59 Å². The van der Waals surface area contributed by atoms with Crippen LogP contribution in [0, 0.1) is 0 Å². The van der Waals surface area contributed by atoms with Gasteiger partial charge in [-0.2, -0.15) is 0 Å². The minimum absolute atomic E-state index is 0.339. The predicted octanol–water partition coefficient (Wildman–Crippen LogP) is 4.15. The second-order valence-corrected chi connectivity index (χ2v) is 4.93. The Bertz CT molecular complexity index is 406. The number of esters is 2. The fourth-order valence-electron chi connectivity index (χ4n) is 1.77. The number of carbonyl (C=O) groups excluding carboxylic acids is 2. The van der Waals surface area contributed by atoms with Crippen LogP contribution in [0.5, 0.6) is 0 Å². The molecule has 0 aromatic heterocycles. The quantitative estimate of drug-likeness (QED) is 0.507. The Kier molecular flexibility index (Phi) is 8.17. The van der Waals surface area contributed by atoms with E-state index in [1.807, 2.05) is 32.0 Å². The molecule has 0 aliphatic heterocycles. The average molecular weight is 292 g/mol. The molecule has 0 N–H and O–H groups in total. The summed E-state index contributed by atoms with van der Waals surface area (Å²) >= 11 is 0. The summed E-state index contributed by atoms with van der Waals surface area (Å²) in [6.07, 6.45) is 3.11. The topological polar surface area (TPSA) is 52.6 Å². The molecular formula is C17H24O4. The number of ether oxygens (including phenoxy) is 2. The van der Waals surface area contributed by atoms with Crippen molar-refractivity contribution in [3.8, 4) is 0 Å². The van der Waals surface area contributed by atoms with Crippen molar-refractivity contribution in [2.24, 2.45) is 0 Å². The van der Waals surface area contributed by atoms with Crippen LogP contribution in [0.2, 0.25) is 0 Å². The first-order valence-corrected chi connectivity index (χ1v) is 7.61. The fourth-order valence-corrected chi connectivity index (χ4v) is 1.77. The molecule has 0 saturated carbocycles. The molecular weight excluding hydrogens is 268 g/mol. The van der Waals surface area contributed by atoms with Crippen LogP contribution in [0.3, 0.4) is 0 Å². The van der Waals surface area contributed by atoms with Crippen LogP contribution < -0.4 is 0 Å². The number of unbranched alkanes of at least 4 members (excludes halogenated alkanes) is 2. The first kappa shape index (κ1) is 17.2. The van der Waals surface area contributed by atoms with Crippen LogP contribution in [0.25, 0.3) is 0 Å². The maximum atomic E-state index is 11.8. The molecule has 0 aliphatic carbocycles. The number of hydrogen-bond acceptors (Lipinski definition) is 4. The van der Waals surface area contributed by atoms with Crippen molar-refractivity contribution in [2.75, 3.05) is 0 Å². The first-order valence-electron chi connectivity index (χ1n) is 7.61. The van der Waals surface area contributed by atoms with Crippen molar-refractivity contribution in [1.82, 2.24) is 0 Å². The fraction of sp³-hybridized carbons (Fsp3) is 0.529. The van der Waals surface area contributed by atoms with Gasteiger partial charge in [0.25, 0.3) is 6.29 Å². The van der Waals surface area contributed by atoms with Crippen molar-refractivity contribution in [3.05, 3.63) is 35.9 Å². The smallest absolute Gasteiger partial charge is 0.309 e. The van der Waals surface area contributed by atoms with Gasteiger partial charge in [0.1, 0.15) is 0 Å². The van der Waals surface area contributed by atoms with Crippen LogP contribution in [0.1, 0.15) is 64.2 Å². The molecule has 0 bridgehead atoms. The van der Waals surface area contributed by atoms with Crippen LogP contribution in [-0.2, 0) is 19.1 Å². The first-order chi connectivity index (χ1) is 10.2. The van der Waals surface area contributed by atoms with Crippen LogP contribution in [0.15, 0.2) is 30.3 Å². The summed E-state index contributed by atoms with van der Waals surface area (Å²) < 4.78 is 10.6. The minimum atomic E-state index is -0.945. The highest BCUT2D eigenvalue weighted by atomic mass is 16.7. The van der Waals surface area contributed by atoms with Crippen LogP contribution in [0.4, 0.5) is 0 Å². The van der Waals surface area contributed by atoms with E-state index in [-0.39, 0.29) is 11.9 Å². The molecule has 116 valence electrons. The number of hydrogen-bond donors (Lipinski definition) is 0. The van der Waals surface area contributed by atoms with Crippen molar-refractivity contribution in [1.29, 1.82) is 0 Å². The Balaban J connectivity index is 2.66. The van der Waals surface area contributed by atoms with Gasteiger partial charge in [0, 0.05) is 18.4 Å². The van der Waals surface area contributed by atoms with Gasteiger partial charge < -0.3 is 9.47 Å². The van der Waals surface area contributed by atoms with Gasteiger partial charge in [-0.1, -0.05) is 57.0 Å². The van der Waals surface area contributed by atoms with Gasteiger partial charge >= 0.3 is 11.9 Å². The summed E-state index contributed by atoms with van der Waals surface area (Å²) in [4.78, 5) is 23.5. The van der Waals surface area contributed by atoms with Crippen LogP contribution >= 0.6 is 0 Å². The highest BCUT2D eigenvalue weighted by Crippen LogP contribution is 2.21. The SMILES string of the molecule is CCCCC(=O)OC(OC(=O)CCCC)c1ccccc1. The molecule has 1 aromatic rings. The van der Waals surface area contributed by atoms with Gasteiger partial charge in [0.15, 0.2) is 0 Å². The molecule has 21 heavy (non-hydrogen) atoms. The standard InChI is InChI=1S/C17H24O4/c1-3-5-12-15(18)20-17(14-10-8-7-9-11-14)21-16(19)13-6-4-2/h7-11,17H,3-6,12-13H2,1-2H3. The van der Waals surface area contributed by atoms with E-state index in [0.717, 1.165) is 25.7 Å². The number of benzene rings is 1. The molecule has 0 amide bonds. The summed E-state index contributed by atoms with van der Waals surface area (Å²) in [6.45, 7) is 4.01. The van der Waals surface area contributed by atoms with Crippen molar-refractivity contribution in [2.45, 2.75) is 58.7 Å². The third-order valence-corrected chi connectivity index (χ3v) is 3.02. The van der Waals surface area contributed by atoms with Gasteiger partial charge in [-0.05, 0) is 12.8 Å². The molecule has 0 unspecified atom stereocenters. The zero-order valence-corrected chi connectivity index (χ0v) is 12.8. The van der Waals surface area contributed by atoms with E-state index in [1.54, 1.807) is 12.1 Å². The van der Waals surface area contributed by atoms with Gasteiger partial charge in [-0.3, -0.25) is 9.59 Å². The monoisotopic (exact) mass is 292 g/mol. The van der Waals surface area contributed by atoms with E-state index in [0.29, 0.717) is 18.4 Å². The minimum Gasteiger partial charge on any atom is -0.421 e. The van der Waals surface area contributed by atoms with Crippen molar-refractivity contribution >= 4 is 11.9 Å². The number of rotatable bonds is 9. The highest BCUT2D eigenvalue weighted by molar-refractivity contribution is 5.71. The Morgan fingerprint density at radius 3 is 1.81 bits per heavy atom. The molecule has 1 aromatic carbocycles. The Labute approximate surface area is 126 Å². The molecule has 4 nitrogen and oxygen atoms in total. The lowest BCUT2D eigenvalue weighted by molar-refractivity contribution is -0.190. The third-order valence-electron chi connectivity index (χ3n) is 3.02. The Morgan fingerprint density at radius 2 is 1.38 bits per heavy atom. The van der Waals surface area contributed by atoms with E-state index < -0.39 is 6.29 Å². The third kappa shape index (κ3) is 6.93. The summed E-state index contributed by atoms with van der Waals surface area (Å²) in [5, 5.41) is 0. The summed E-state index contributed by atoms with van der Waals surface area (Å²) in [5.74, 6) is -0.678. The second-order valence-electron chi connectivity index (χ2n) is 4.93. The zero-order valence-electron chi connectivity index (χ0n) is 12.8. The van der Waals surface area contributed by atoms with Gasteiger partial charge in [-0.15, -0.1) is 0 Å². The zero-order chi connectivity index (χ0) is 15.5. The Hall–Kier alpha value is -1.84. The van der Waals surface area contributed by atoms with E-state index in [4.69, 9.17) is 9.47 Å². The maximum absolute atomic E-state index is 11.8. The molecule has 0 radical (unpaired) electrons. The summed E-state index contributed by atoms with van der Waals surface area (Å²) in [5.41, 5.74) is 0.673. The summed E-state index contributed by atoms with van der Waals surface area (Å²) in [6, 6.07) is 9.07. The molecule has 0 fully saturated rings. The molecule has 4 heteroatoms. The van der Waals surface area contributed by atoms with Gasteiger partial charge in [0.05, 0.1) is 0 Å². The second kappa shape index (κ2) is 9.97. The lowest BCUT2D eigenvalue weighted by Gasteiger charge is -2.18. The molecule has 1 rings (SSSR count). The maximum Gasteiger partial charge on any atom is 0.309 e. The lowest BCUT2D eigenvalue weighted by Crippen LogP contribution is -2.18. The lowest BCUT2D eigenvalue weighted by atomic mass is 10.2. The average Bonchev–Trinajstić information content (AvgIpc) is 2.51. The van der Waals surface area contributed by atoms with Crippen LogP contribution in [-0.4, -0.2) is 11.9 Å². The molecule has 0 heterocycles. The van der Waals surface area contributed by atoms with Gasteiger partial charge in [0.2, 0.25) is 0 Å². The van der Waals surface area contributed by atoms with Crippen molar-refractivity contribution in [3.63, 3.8) is 0 Å². The van der Waals surface area contributed by atoms with Crippen molar-refractivity contribution < 1.29 is 19.1 Å². The highest BCUT2D eigenvalue weighted by Gasteiger charge is 2.20. The molecule has 0 saturated heterocycles. The normalized spacial score (nSPS) is 10.4. The summed E-state index contributed by atoms with van der Waals surface area (Å²) in [7, 11) is 0. The van der Waals surface area contributed by atoms with Gasteiger partial charge in [-0.25, -0.2) is 0 Å².